The van der Waals surface area contributed by atoms with Crippen molar-refractivity contribution in [2.24, 2.45) is 0 Å². The fraction of sp³-hybridized carbons (Fsp3) is 0.269. The molecule has 3 heterocycles. The maximum Gasteiger partial charge on any atom is 0.338 e. The van der Waals surface area contributed by atoms with Crippen LogP contribution < -0.4 is 0 Å². The van der Waals surface area contributed by atoms with Crippen molar-refractivity contribution in [1.29, 1.82) is 0 Å². The zero-order valence-electron chi connectivity index (χ0n) is 19.6. The van der Waals surface area contributed by atoms with Crippen LogP contribution in [-0.4, -0.2) is 49.4 Å². The van der Waals surface area contributed by atoms with Crippen LogP contribution in [-0.2, 0) is 9.47 Å². The van der Waals surface area contributed by atoms with E-state index in [0.29, 0.717) is 28.7 Å². The molecule has 0 N–H and O–H groups in total. The minimum absolute atomic E-state index is 0.0854. The van der Waals surface area contributed by atoms with Gasteiger partial charge in [-0.15, -0.1) is 11.8 Å². The minimum atomic E-state index is -0.491. The van der Waals surface area contributed by atoms with Crippen LogP contribution in [0.4, 0.5) is 0 Å². The first-order valence-electron chi connectivity index (χ1n) is 11.4. The molecular formula is C26H23ClN4O4S. The van der Waals surface area contributed by atoms with Gasteiger partial charge in [0.1, 0.15) is 24.6 Å². The Hall–Kier alpha value is -3.43. The fourth-order valence-corrected chi connectivity index (χ4v) is 5.66. The summed E-state index contributed by atoms with van der Waals surface area (Å²) in [6.45, 7) is 3.99. The van der Waals surface area contributed by atoms with Gasteiger partial charge >= 0.3 is 11.9 Å². The van der Waals surface area contributed by atoms with E-state index in [-0.39, 0.29) is 22.4 Å². The lowest BCUT2D eigenvalue weighted by molar-refractivity contribution is 0.0205. The molecule has 8 nitrogen and oxygen atoms in total. The van der Waals surface area contributed by atoms with Gasteiger partial charge in [-0.2, -0.15) is 0 Å². The quantitative estimate of drug-likeness (QED) is 0.252. The number of fused-ring (bicyclic) bond motifs is 1. The number of aryl methyl sites for hydroxylation is 2. The number of ether oxygens (including phenoxy) is 2. The second kappa shape index (κ2) is 10.3. The van der Waals surface area contributed by atoms with Gasteiger partial charge in [-0.1, -0.05) is 47.0 Å². The van der Waals surface area contributed by atoms with Crippen LogP contribution in [0.5, 0.6) is 0 Å². The maximum absolute atomic E-state index is 12.9. The largest absolute Gasteiger partial charge is 0.461 e. The highest BCUT2D eigenvalue weighted by Gasteiger charge is 2.40. The van der Waals surface area contributed by atoms with Gasteiger partial charge in [0.2, 0.25) is 0 Å². The molecule has 0 spiro atoms. The Morgan fingerprint density at radius 1 is 0.972 bits per heavy atom. The normalized spacial score (nSPS) is 19.4. The van der Waals surface area contributed by atoms with Crippen LogP contribution >= 0.6 is 23.4 Å². The molecule has 3 atom stereocenters. The van der Waals surface area contributed by atoms with Crippen LogP contribution in [0.2, 0.25) is 5.15 Å². The second-order valence-electron chi connectivity index (χ2n) is 8.63. The van der Waals surface area contributed by atoms with Crippen LogP contribution in [0, 0.1) is 13.8 Å². The molecule has 1 saturated heterocycles. The van der Waals surface area contributed by atoms with E-state index in [1.54, 1.807) is 42.4 Å². The molecule has 0 bridgehead atoms. The van der Waals surface area contributed by atoms with Gasteiger partial charge in [-0.25, -0.2) is 24.5 Å². The minimum Gasteiger partial charge on any atom is -0.461 e. The molecule has 1 fully saturated rings. The molecule has 0 aliphatic carbocycles. The molecule has 36 heavy (non-hydrogen) atoms. The zero-order valence-corrected chi connectivity index (χ0v) is 21.2. The number of rotatable bonds is 6. The first-order chi connectivity index (χ1) is 17.4. The molecule has 1 aliphatic rings. The van der Waals surface area contributed by atoms with Crippen LogP contribution in [0.25, 0.3) is 11.2 Å². The first kappa shape index (κ1) is 24.3. The molecule has 0 unspecified atom stereocenters. The average Bonchev–Trinajstić information content (AvgIpc) is 3.48. The Bertz CT molecular complexity index is 1410. The van der Waals surface area contributed by atoms with Crippen molar-refractivity contribution in [3.8, 4) is 0 Å². The van der Waals surface area contributed by atoms with Crippen molar-refractivity contribution in [3.05, 3.63) is 88.6 Å². The van der Waals surface area contributed by atoms with Gasteiger partial charge in [-0.05, 0) is 38.1 Å². The number of thioether (sulfide) groups is 1. The van der Waals surface area contributed by atoms with E-state index >= 15 is 0 Å². The lowest BCUT2D eigenvalue weighted by Gasteiger charge is -2.19. The summed E-state index contributed by atoms with van der Waals surface area (Å²) in [7, 11) is 0. The number of carbonyl (C=O) groups excluding carboxylic acids is 2. The van der Waals surface area contributed by atoms with Gasteiger partial charge in [-0.3, -0.25) is 0 Å². The number of hydrogen-bond acceptors (Lipinski definition) is 8. The van der Waals surface area contributed by atoms with E-state index in [4.69, 9.17) is 21.1 Å². The van der Waals surface area contributed by atoms with E-state index in [9.17, 15) is 9.59 Å². The smallest absolute Gasteiger partial charge is 0.338 e. The summed E-state index contributed by atoms with van der Waals surface area (Å²) in [6, 6.07) is 14.4. The Balaban J connectivity index is 1.36. The predicted molar refractivity (Wildman–Crippen MR) is 137 cm³/mol. The monoisotopic (exact) mass is 522 g/mol. The maximum atomic E-state index is 12.9. The highest BCUT2D eigenvalue weighted by Crippen LogP contribution is 2.44. The molecule has 0 radical (unpaired) electrons. The lowest BCUT2D eigenvalue weighted by atomic mass is 10.1. The standard InChI is InChI=1S/C26H23ClN4O4S/c1-15-3-7-17(8-4-15)25(32)34-12-20-19(35-26(33)18-9-5-16(2)6-10-18)11-21(36-20)31-14-30-22-23(27)28-13-29-24(22)31/h3-10,13-14,19-21H,11-12H2,1-2H3/t19-,20+,21-/m0/s1. The highest BCUT2D eigenvalue weighted by molar-refractivity contribution is 8.00. The van der Waals surface area contributed by atoms with E-state index in [1.807, 2.05) is 42.7 Å². The summed E-state index contributed by atoms with van der Waals surface area (Å²) in [4.78, 5) is 38.2. The Labute approximate surface area is 217 Å². The fourth-order valence-electron chi connectivity index (χ4n) is 4.01. The number of hydrogen-bond donors (Lipinski definition) is 0. The van der Waals surface area contributed by atoms with Crippen LogP contribution in [0.15, 0.2) is 61.2 Å². The molecule has 2 aromatic heterocycles. The van der Waals surface area contributed by atoms with E-state index in [0.717, 1.165) is 11.1 Å². The number of nitrogens with zero attached hydrogens (tertiary/aromatic N) is 4. The van der Waals surface area contributed by atoms with Gasteiger partial charge in [0.15, 0.2) is 10.8 Å². The molecule has 5 rings (SSSR count). The molecule has 1 aliphatic heterocycles. The van der Waals surface area contributed by atoms with Gasteiger partial charge in [0.05, 0.1) is 28.1 Å². The number of esters is 2. The van der Waals surface area contributed by atoms with Crippen LogP contribution in [0.1, 0.15) is 43.6 Å². The number of carbonyl (C=O) groups is 2. The molecule has 2 aromatic carbocycles. The van der Waals surface area contributed by atoms with Crippen LogP contribution in [0.3, 0.4) is 0 Å². The number of imidazole rings is 1. The van der Waals surface area contributed by atoms with E-state index < -0.39 is 18.0 Å². The summed E-state index contributed by atoms with van der Waals surface area (Å²) >= 11 is 7.72. The molecule has 10 heteroatoms. The zero-order chi connectivity index (χ0) is 25.2. The number of aromatic nitrogens is 4. The van der Waals surface area contributed by atoms with Crippen molar-refractivity contribution in [2.45, 2.75) is 37.0 Å². The van der Waals surface area contributed by atoms with Crippen molar-refractivity contribution < 1.29 is 19.1 Å². The lowest BCUT2D eigenvalue weighted by Crippen LogP contribution is -2.29. The van der Waals surface area contributed by atoms with E-state index in [2.05, 4.69) is 15.0 Å². The molecular weight excluding hydrogens is 500 g/mol. The number of halogens is 1. The summed E-state index contributed by atoms with van der Waals surface area (Å²) in [5.74, 6) is -0.841. The first-order valence-corrected chi connectivity index (χ1v) is 12.7. The number of benzene rings is 2. The third kappa shape index (κ3) is 5.08. The van der Waals surface area contributed by atoms with Crippen molar-refractivity contribution in [1.82, 2.24) is 19.5 Å². The second-order valence-corrected chi connectivity index (χ2v) is 10.4. The van der Waals surface area contributed by atoms with Gasteiger partial charge in [0, 0.05) is 6.42 Å². The Kier molecular flexibility index (Phi) is 6.93. The third-order valence-corrected chi connectivity index (χ3v) is 7.82. The highest BCUT2D eigenvalue weighted by atomic mass is 35.5. The topological polar surface area (TPSA) is 96.2 Å². The molecule has 0 saturated carbocycles. The SMILES string of the molecule is Cc1ccc(C(=O)OC[C@H]2S[C@H](n3cnc4c(Cl)ncnc43)C[C@@H]2OC(=O)c2ccc(C)cc2)cc1. The van der Waals surface area contributed by atoms with Gasteiger partial charge < -0.3 is 14.0 Å². The summed E-state index contributed by atoms with van der Waals surface area (Å²) < 4.78 is 13.4. The van der Waals surface area contributed by atoms with Crippen molar-refractivity contribution >= 4 is 46.5 Å². The summed E-state index contributed by atoms with van der Waals surface area (Å²) in [5, 5.41) is -0.166. The van der Waals surface area contributed by atoms with E-state index in [1.165, 1.54) is 6.33 Å². The summed E-state index contributed by atoms with van der Waals surface area (Å²) in [6.07, 6.45) is 3.04. The van der Waals surface area contributed by atoms with Gasteiger partial charge in [0.25, 0.3) is 0 Å². The molecule has 184 valence electrons. The third-order valence-electron chi connectivity index (χ3n) is 6.02. The molecule has 4 aromatic rings. The average molecular weight is 523 g/mol. The predicted octanol–water partition coefficient (Wildman–Crippen LogP) is 5.18. The Morgan fingerprint density at radius 2 is 1.61 bits per heavy atom. The Morgan fingerprint density at radius 3 is 2.28 bits per heavy atom. The molecule has 0 amide bonds. The van der Waals surface area contributed by atoms with Crippen molar-refractivity contribution in [3.63, 3.8) is 0 Å². The summed E-state index contributed by atoms with van der Waals surface area (Å²) in [5.41, 5.74) is 4.14. The van der Waals surface area contributed by atoms with Crippen molar-refractivity contribution in [2.75, 3.05) is 6.61 Å².